The lowest BCUT2D eigenvalue weighted by Crippen LogP contribution is -2.62. The summed E-state index contributed by atoms with van der Waals surface area (Å²) in [5.41, 5.74) is 3.16. The van der Waals surface area contributed by atoms with Crippen molar-refractivity contribution in [1.29, 1.82) is 0 Å². The Balaban J connectivity index is 1.50. The van der Waals surface area contributed by atoms with Crippen molar-refractivity contribution in [3.63, 3.8) is 0 Å². The van der Waals surface area contributed by atoms with E-state index >= 15 is 0 Å². The fourth-order valence-corrected chi connectivity index (χ4v) is 3.34. The lowest BCUT2D eigenvalue weighted by molar-refractivity contribution is 0.00261. The van der Waals surface area contributed by atoms with Crippen LogP contribution in [0.1, 0.15) is 18.7 Å². The number of aromatic nitrogens is 1. The molecule has 1 aromatic heterocycles. The van der Waals surface area contributed by atoms with Gasteiger partial charge in [-0.25, -0.2) is 4.98 Å². The zero-order valence-corrected chi connectivity index (χ0v) is 11.1. The summed E-state index contributed by atoms with van der Waals surface area (Å²) >= 11 is 1.69. The first-order valence-corrected chi connectivity index (χ1v) is 7.36. The Hall–Kier alpha value is -0.490. The second-order valence-corrected chi connectivity index (χ2v) is 5.70. The van der Waals surface area contributed by atoms with E-state index in [1.807, 2.05) is 5.51 Å². The summed E-state index contributed by atoms with van der Waals surface area (Å²) in [6, 6.07) is 1.26. The Bertz CT molecular complexity index is 341. The van der Waals surface area contributed by atoms with Gasteiger partial charge in [-0.2, -0.15) is 0 Å². The van der Waals surface area contributed by atoms with Gasteiger partial charge in [-0.15, -0.1) is 11.3 Å². The van der Waals surface area contributed by atoms with Crippen molar-refractivity contribution in [2.45, 2.75) is 19.0 Å². The van der Waals surface area contributed by atoms with Gasteiger partial charge >= 0.3 is 0 Å². The van der Waals surface area contributed by atoms with Gasteiger partial charge in [0.15, 0.2) is 0 Å². The molecule has 1 aromatic rings. The number of nitrogens with one attached hydrogen (secondary N) is 1. The van der Waals surface area contributed by atoms with Crippen LogP contribution >= 0.6 is 11.3 Å². The molecular formula is C12H20N4S. The van der Waals surface area contributed by atoms with Crippen molar-refractivity contribution in [2.24, 2.45) is 0 Å². The van der Waals surface area contributed by atoms with E-state index in [0.29, 0.717) is 6.04 Å². The van der Waals surface area contributed by atoms with E-state index < -0.39 is 0 Å². The molecular weight excluding hydrogens is 232 g/mol. The summed E-state index contributed by atoms with van der Waals surface area (Å²) in [7, 11) is 0. The van der Waals surface area contributed by atoms with Gasteiger partial charge in [0.05, 0.1) is 17.2 Å². The van der Waals surface area contributed by atoms with Gasteiger partial charge in [0.2, 0.25) is 0 Å². The van der Waals surface area contributed by atoms with Crippen LogP contribution in [0.15, 0.2) is 10.9 Å². The van der Waals surface area contributed by atoms with Crippen LogP contribution in [0.2, 0.25) is 0 Å². The SMILES string of the molecule is CC(c1cscn1)N1CC(N2CCNCC2)C1. The highest BCUT2D eigenvalue weighted by molar-refractivity contribution is 7.07. The fraction of sp³-hybridized carbons (Fsp3) is 0.750. The normalized spacial score (nSPS) is 25.7. The molecule has 1 atom stereocenters. The molecule has 1 unspecified atom stereocenters. The molecule has 0 aliphatic carbocycles. The van der Waals surface area contributed by atoms with E-state index in [1.54, 1.807) is 11.3 Å². The molecule has 2 saturated heterocycles. The molecule has 0 saturated carbocycles. The molecule has 0 spiro atoms. The summed E-state index contributed by atoms with van der Waals surface area (Å²) in [4.78, 5) is 9.57. The number of thiazole rings is 1. The number of rotatable bonds is 3. The number of hydrogen-bond donors (Lipinski definition) is 1. The Kier molecular flexibility index (Phi) is 3.42. The van der Waals surface area contributed by atoms with E-state index in [0.717, 1.165) is 19.1 Å². The van der Waals surface area contributed by atoms with Crippen LogP contribution in [0.25, 0.3) is 0 Å². The molecule has 0 radical (unpaired) electrons. The minimum Gasteiger partial charge on any atom is -0.314 e. The monoisotopic (exact) mass is 252 g/mol. The first-order chi connectivity index (χ1) is 8.34. The minimum absolute atomic E-state index is 0.486. The van der Waals surface area contributed by atoms with Gasteiger partial charge in [0.25, 0.3) is 0 Å². The molecule has 0 aromatic carbocycles. The Morgan fingerprint density at radius 2 is 2.18 bits per heavy atom. The maximum atomic E-state index is 4.41. The van der Waals surface area contributed by atoms with Crippen LogP contribution in [0.3, 0.4) is 0 Å². The minimum atomic E-state index is 0.486. The average molecular weight is 252 g/mol. The van der Waals surface area contributed by atoms with Gasteiger partial charge in [-0.1, -0.05) is 0 Å². The highest BCUT2D eigenvalue weighted by Gasteiger charge is 2.35. The summed E-state index contributed by atoms with van der Waals surface area (Å²) in [6.07, 6.45) is 0. The maximum Gasteiger partial charge on any atom is 0.0795 e. The van der Waals surface area contributed by atoms with E-state index in [4.69, 9.17) is 0 Å². The quantitative estimate of drug-likeness (QED) is 0.862. The predicted molar refractivity (Wildman–Crippen MR) is 70.3 cm³/mol. The summed E-state index contributed by atoms with van der Waals surface area (Å²) in [5.74, 6) is 0. The third-order valence-corrected chi connectivity index (χ3v) is 4.59. The molecule has 1 N–H and O–H groups in total. The third kappa shape index (κ3) is 2.38. The second-order valence-electron chi connectivity index (χ2n) is 4.98. The van der Waals surface area contributed by atoms with Gasteiger partial charge in [-0.05, 0) is 6.92 Å². The third-order valence-electron chi connectivity index (χ3n) is 3.99. The second kappa shape index (κ2) is 5.02. The van der Waals surface area contributed by atoms with Crippen molar-refractivity contribution in [3.05, 3.63) is 16.6 Å². The van der Waals surface area contributed by atoms with E-state index in [1.165, 1.54) is 31.9 Å². The Morgan fingerprint density at radius 3 is 2.82 bits per heavy atom. The molecule has 0 bridgehead atoms. The van der Waals surface area contributed by atoms with Gasteiger partial charge < -0.3 is 5.32 Å². The van der Waals surface area contributed by atoms with Crippen LogP contribution in [0, 0.1) is 0 Å². The highest BCUT2D eigenvalue weighted by atomic mass is 32.1. The summed E-state index contributed by atoms with van der Waals surface area (Å²) < 4.78 is 0. The summed E-state index contributed by atoms with van der Waals surface area (Å²) in [5, 5.41) is 5.58. The van der Waals surface area contributed by atoms with Gasteiger partial charge in [-0.3, -0.25) is 9.80 Å². The zero-order valence-electron chi connectivity index (χ0n) is 10.3. The van der Waals surface area contributed by atoms with Crippen LogP contribution in [0.5, 0.6) is 0 Å². The van der Waals surface area contributed by atoms with Crippen molar-refractivity contribution >= 4 is 11.3 Å². The number of hydrogen-bond acceptors (Lipinski definition) is 5. The maximum absolute atomic E-state index is 4.41. The van der Waals surface area contributed by atoms with Crippen molar-refractivity contribution in [1.82, 2.24) is 20.1 Å². The molecule has 0 amide bonds. The summed E-state index contributed by atoms with van der Waals surface area (Å²) in [6.45, 7) is 9.41. The van der Waals surface area contributed by atoms with Crippen LogP contribution < -0.4 is 5.32 Å². The molecule has 5 heteroatoms. The van der Waals surface area contributed by atoms with Crippen LogP contribution in [0.4, 0.5) is 0 Å². The first-order valence-electron chi connectivity index (χ1n) is 6.41. The molecule has 3 heterocycles. The van der Waals surface area contributed by atoms with E-state index in [9.17, 15) is 0 Å². The molecule has 2 aliphatic rings. The van der Waals surface area contributed by atoms with Crippen molar-refractivity contribution in [3.8, 4) is 0 Å². The van der Waals surface area contributed by atoms with E-state index in [2.05, 4.69) is 32.4 Å². The predicted octanol–water partition coefficient (Wildman–Crippen LogP) is 0.793. The highest BCUT2D eigenvalue weighted by Crippen LogP contribution is 2.27. The van der Waals surface area contributed by atoms with Gasteiger partial charge in [0.1, 0.15) is 0 Å². The molecule has 17 heavy (non-hydrogen) atoms. The van der Waals surface area contributed by atoms with Crippen molar-refractivity contribution in [2.75, 3.05) is 39.3 Å². The lowest BCUT2D eigenvalue weighted by Gasteiger charge is -2.48. The Labute approximate surface area is 107 Å². The number of piperazine rings is 1. The Morgan fingerprint density at radius 1 is 1.41 bits per heavy atom. The molecule has 4 nitrogen and oxygen atoms in total. The first kappa shape index (κ1) is 11.6. The molecule has 3 rings (SSSR count). The van der Waals surface area contributed by atoms with Crippen LogP contribution in [-0.2, 0) is 0 Å². The molecule has 2 fully saturated rings. The molecule has 94 valence electrons. The topological polar surface area (TPSA) is 31.4 Å². The van der Waals surface area contributed by atoms with Crippen molar-refractivity contribution < 1.29 is 0 Å². The molecule has 2 aliphatic heterocycles. The number of likely N-dealkylation sites (tertiary alicyclic amines) is 1. The average Bonchev–Trinajstić information content (AvgIpc) is 2.81. The standard InChI is InChI=1S/C12H20N4S/c1-10(12-8-17-9-14-12)16-6-11(7-16)15-4-2-13-3-5-15/h8-11,13H,2-7H2,1H3. The smallest absolute Gasteiger partial charge is 0.0795 e. The largest absolute Gasteiger partial charge is 0.314 e. The van der Waals surface area contributed by atoms with Crippen LogP contribution in [-0.4, -0.2) is 60.1 Å². The zero-order chi connectivity index (χ0) is 11.7. The lowest BCUT2D eigenvalue weighted by atomic mass is 10.0. The van der Waals surface area contributed by atoms with E-state index in [-0.39, 0.29) is 0 Å². The number of nitrogens with zero attached hydrogens (tertiary/aromatic N) is 3. The fourth-order valence-electron chi connectivity index (χ4n) is 2.70. The van der Waals surface area contributed by atoms with Gasteiger partial charge in [0, 0.05) is 50.7 Å².